The van der Waals surface area contributed by atoms with Crippen LogP contribution in [0.4, 0.5) is 5.82 Å². The van der Waals surface area contributed by atoms with Gasteiger partial charge in [-0.15, -0.1) is 0 Å². The highest BCUT2D eigenvalue weighted by molar-refractivity contribution is 9.11. The molecule has 10 heteroatoms. The molecule has 0 aliphatic rings. The monoisotopic (exact) mass is 459 g/mol. The summed E-state index contributed by atoms with van der Waals surface area (Å²) in [6, 6.07) is 4.02. The van der Waals surface area contributed by atoms with Crippen molar-refractivity contribution < 1.29 is 8.42 Å². The van der Waals surface area contributed by atoms with Crippen molar-refractivity contribution in [2.45, 2.75) is 4.90 Å². The molecular weight excluding hydrogens is 457 g/mol. The number of hydrogen-bond acceptors (Lipinski definition) is 4. The maximum Gasteiger partial charge on any atom is 0.263 e. The van der Waals surface area contributed by atoms with E-state index >= 15 is 0 Å². The number of nitrogens with one attached hydrogen (secondary N) is 1. The first-order valence-electron chi connectivity index (χ1n) is 4.95. The maximum atomic E-state index is 12.2. The molecule has 0 bridgehead atoms. The third-order valence-corrected chi connectivity index (χ3v) is 4.77. The molecule has 0 aliphatic heterocycles. The van der Waals surface area contributed by atoms with Crippen molar-refractivity contribution in [1.29, 1.82) is 0 Å². The Labute approximate surface area is 142 Å². The molecule has 1 aromatic heterocycles. The Bertz CT molecular complexity index is 751. The maximum absolute atomic E-state index is 12.2. The summed E-state index contributed by atoms with van der Waals surface area (Å²) in [5, 5.41) is 0.442. The fourth-order valence-electron chi connectivity index (χ4n) is 1.29. The molecule has 0 radical (unpaired) electrons. The summed E-state index contributed by atoms with van der Waals surface area (Å²) in [7, 11) is -3.86. The van der Waals surface area contributed by atoms with Gasteiger partial charge < -0.3 is 0 Å². The van der Waals surface area contributed by atoms with Gasteiger partial charge >= 0.3 is 0 Å². The van der Waals surface area contributed by atoms with Gasteiger partial charge in [0.2, 0.25) is 0 Å². The summed E-state index contributed by atoms with van der Waals surface area (Å²) in [4.78, 5) is 7.84. The normalized spacial score (nSPS) is 11.4. The molecule has 20 heavy (non-hydrogen) atoms. The highest BCUT2D eigenvalue weighted by Crippen LogP contribution is 2.26. The minimum absolute atomic E-state index is 0.0595. The lowest BCUT2D eigenvalue weighted by atomic mass is 10.4. The second-order valence-electron chi connectivity index (χ2n) is 3.54. The van der Waals surface area contributed by atoms with E-state index in [-0.39, 0.29) is 25.4 Å². The van der Waals surface area contributed by atoms with E-state index in [1.54, 1.807) is 0 Å². The summed E-state index contributed by atoms with van der Waals surface area (Å²) in [5.41, 5.74) is 0. The highest BCUT2D eigenvalue weighted by Gasteiger charge is 2.18. The molecule has 0 unspecified atom stereocenters. The molecule has 2 aromatic rings. The standard InChI is InChI=1S/C10H5Br2Cl2N3O2S/c11-8-4-15-10(9(12)16-8)17-20(18,19)7-2-5(13)1-6(14)3-7/h1-4H,(H,15,17). The van der Waals surface area contributed by atoms with E-state index in [2.05, 4.69) is 46.5 Å². The van der Waals surface area contributed by atoms with Crippen molar-refractivity contribution >= 4 is 70.9 Å². The molecule has 0 amide bonds. The first-order valence-corrected chi connectivity index (χ1v) is 8.77. The highest BCUT2D eigenvalue weighted by atomic mass is 79.9. The number of benzene rings is 1. The van der Waals surface area contributed by atoms with Crippen molar-refractivity contribution in [3.63, 3.8) is 0 Å². The molecule has 1 aromatic carbocycles. The van der Waals surface area contributed by atoms with Crippen LogP contribution in [0.5, 0.6) is 0 Å². The summed E-state index contributed by atoms with van der Waals surface area (Å²) < 4.78 is 27.5. The van der Waals surface area contributed by atoms with Crippen LogP contribution in [0.15, 0.2) is 38.5 Å². The molecule has 106 valence electrons. The zero-order valence-electron chi connectivity index (χ0n) is 9.44. The first kappa shape index (κ1) is 16.0. The summed E-state index contributed by atoms with van der Waals surface area (Å²) in [6.07, 6.45) is 1.37. The quantitative estimate of drug-likeness (QED) is 0.746. The van der Waals surface area contributed by atoms with Gasteiger partial charge in [0.05, 0.1) is 11.1 Å². The van der Waals surface area contributed by atoms with Gasteiger partial charge in [-0.3, -0.25) is 4.72 Å². The van der Waals surface area contributed by atoms with E-state index in [0.29, 0.717) is 4.60 Å². The van der Waals surface area contributed by atoms with Gasteiger partial charge in [-0.1, -0.05) is 23.2 Å². The molecule has 5 nitrogen and oxygen atoms in total. The fraction of sp³-hybridized carbons (Fsp3) is 0. The Morgan fingerprint density at radius 1 is 1.10 bits per heavy atom. The molecule has 2 rings (SSSR count). The van der Waals surface area contributed by atoms with E-state index in [1.165, 1.54) is 24.4 Å². The van der Waals surface area contributed by atoms with Crippen LogP contribution in [0.1, 0.15) is 0 Å². The van der Waals surface area contributed by atoms with Gasteiger partial charge in [-0.05, 0) is 50.1 Å². The Hall–Kier alpha value is -0.410. The molecule has 0 fully saturated rings. The average molecular weight is 462 g/mol. The van der Waals surface area contributed by atoms with E-state index < -0.39 is 10.0 Å². The van der Waals surface area contributed by atoms with Crippen LogP contribution >= 0.6 is 55.1 Å². The fourth-order valence-corrected chi connectivity index (χ4v) is 4.07. The second-order valence-corrected chi connectivity index (χ2v) is 7.66. The summed E-state index contributed by atoms with van der Waals surface area (Å²) in [6.45, 7) is 0. The van der Waals surface area contributed by atoms with E-state index in [9.17, 15) is 8.42 Å². The lowest BCUT2D eigenvalue weighted by Gasteiger charge is -2.09. The van der Waals surface area contributed by atoms with E-state index in [1.807, 2.05) is 0 Å². The molecule has 0 saturated heterocycles. The van der Waals surface area contributed by atoms with E-state index in [0.717, 1.165) is 0 Å². The van der Waals surface area contributed by atoms with Gasteiger partial charge in [-0.2, -0.15) is 0 Å². The number of anilines is 1. The van der Waals surface area contributed by atoms with Gasteiger partial charge in [0, 0.05) is 10.0 Å². The number of hydrogen-bond donors (Lipinski definition) is 1. The van der Waals surface area contributed by atoms with Crippen LogP contribution in [0, 0.1) is 0 Å². The third-order valence-electron chi connectivity index (χ3n) is 2.08. The van der Waals surface area contributed by atoms with Crippen LogP contribution in [0.2, 0.25) is 10.0 Å². The Morgan fingerprint density at radius 3 is 2.25 bits per heavy atom. The molecule has 0 atom stereocenters. The van der Waals surface area contributed by atoms with Crippen molar-refractivity contribution in [1.82, 2.24) is 9.97 Å². The topological polar surface area (TPSA) is 72.0 Å². The molecule has 1 heterocycles. The van der Waals surface area contributed by atoms with Gasteiger partial charge in [0.1, 0.15) is 4.60 Å². The van der Waals surface area contributed by atoms with E-state index in [4.69, 9.17) is 23.2 Å². The van der Waals surface area contributed by atoms with Gasteiger partial charge in [0.15, 0.2) is 10.4 Å². The lowest BCUT2D eigenvalue weighted by molar-refractivity contribution is 0.601. The Balaban J connectivity index is 2.40. The zero-order valence-corrected chi connectivity index (χ0v) is 14.9. The van der Waals surface area contributed by atoms with Crippen molar-refractivity contribution in [2.75, 3.05) is 4.72 Å². The third kappa shape index (κ3) is 3.82. The SMILES string of the molecule is O=S(=O)(Nc1ncc(Br)nc1Br)c1cc(Cl)cc(Cl)c1. The summed E-state index contributed by atoms with van der Waals surface area (Å²) in [5.74, 6) is 0.0595. The number of halogens is 4. The predicted octanol–water partition coefficient (Wildman–Crippen LogP) is 4.11. The number of aromatic nitrogens is 2. The molecular formula is C10H5Br2Cl2N3O2S. The zero-order chi connectivity index (χ0) is 14.9. The van der Waals surface area contributed by atoms with Crippen LogP contribution < -0.4 is 4.72 Å². The first-order chi connectivity index (χ1) is 9.28. The van der Waals surface area contributed by atoms with Crippen LogP contribution in [0.25, 0.3) is 0 Å². The average Bonchev–Trinajstić information content (AvgIpc) is 2.31. The Kier molecular flexibility index (Phi) is 4.91. The van der Waals surface area contributed by atoms with Crippen LogP contribution in [0.3, 0.4) is 0 Å². The van der Waals surface area contributed by atoms with Crippen molar-refractivity contribution in [2.24, 2.45) is 0 Å². The molecule has 0 spiro atoms. The molecule has 0 saturated carbocycles. The largest absolute Gasteiger partial charge is 0.263 e. The second kappa shape index (κ2) is 6.15. The van der Waals surface area contributed by atoms with Crippen LogP contribution in [-0.2, 0) is 10.0 Å². The molecule has 0 aliphatic carbocycles. The van der Waals surface area contributed by atoms with Crippen molar-refractivity contribution in [3.05, 3.63) is 43.6 Å². The Morgan fingerprint density at radius 2 is 1.70 bits per heavy atom. The minimum Gasteiger partial charge on any atom is -0.261 e. The summed E-state index contributed by atoms with van der Waals surface area (Å²) >= 11 is 17.8. The number of rotatable bonds is 3. The molecule has 1 N–H and O–H groups in total. The van der Waals surface area contributed by atoms with Crippen LogP contribution in [-0.4, -0.2) is 18.4 Å². The predicted molar refractivity (Wildman–Crippen MR) is 84.7 cm³/mol. The number of nitrogens with zero attached hydrogens (tertiary/aromatic N) is 2. The lowest BCUT2D eigenvalue weighted by Crippen LogP contribution is -2.14. The minimum atomic E-state index is -3.86. The van der Waals surface area contributed by atoms with Gasteiger partial charge in [0.25, 0.3) is 10.0 Å². The smallest absolute Gasteiger partial charge is 0.261 e. The van der Waals surface area contributed by atoms with Crippen molar-refractivity contribution in [3.8, 4) is 0 Å². The number of sulfonamides is 1. The van der Waals surface area contributed by atoms with Gasteiger partial charge in [-0.25, -0.2) is 18.4 Å².